The van der Waals surface area contributed by atoms with Crippen molar-refractivity contribution in [1.82, 2.24) is 0 Å². The first-order chi connectivity index (χ1) is 12.3. The van der Waals surface area contributed by atoms with E-state index in [-0.39, 0.29) is 17.6 Å². The summed E-state index contributed by atoms with van der Waals surface area (Å²) in [4.78, 5) is 23.5. The van der Waals surface area contributed by atoms with Gasteiger partial charge in [-0.1, -0.05) is 6.07 Å². The van der Waals surface area contributed by atoms with E-state index >= 15 is 0 Å². The number of rotatable bonds is 6. The monoisotopic (exact) mass is 359 g/mol. The Morgan fingerprint density at radius 2 is 1.77 bits per heavy atom. The van der Waals surface area contributed by atoms with Gasteiger partial charge in [0.05, 0.1) is 12.8 Å². The molecule has 0 fully saturated rings. The van der Waals surface area contributed by atoms with Crippen LogP contribution in [0.15, 0.2) is 36.4 Å². The second kappa shape index (κ2) is 8.33. The van der Waals surface area contributed by atoms with Gasteiger partial charge in [0.15, 0.2) is 0 Å². The number of aryl methyl sites for hydroxylation is 1. The van der Waals surface area contributed by atoms with Crippen LogP contribution in [-0.2, 0) is 9.59 Å². The minimum Gasteiger partial charge on any atom is -0.494 e. The summed E-state index contributed by atoms with van der Waals surface area (Å²) in [5.74, 6) is -0.416. The largest absolute Gasteiger partial charge is 0.494 e. The quantitative estimate of drug-likeness (QED) is 0.737. The maximum atomic E-state index is 13.6. The molecule has 0 aliphatic heterocycles. The molecule has 2 aromatic rings. The smallest absolute Gasteiger partial charge is 0.246 e. The molecule has 0 bridgehead atoms. The first kappa shape index (κ1) is 19.2. The van der Waals surface area contributed by atoms with Gasteiger partial charge in [0.25, 0.3) is 0 Å². The lowest BCUT2D eigenvalue weighted by Gasteiger charge is -2.17. The van der Waals surface area contributed by atoms with Crippen LogP contribution in [0.25, 0.3) is 0 Å². The fourth-order valence-electron chi connectivity index (χ4n) is 2.31. The van der Waals surface area contributed by atoms with E-state index < -0.39 is 6.04 Å². The fourth-order valence-corrected chi connectivity index (χ4v) is 2.31. The van der Waals surface area contributed by atoms with E-state index in [2.05, 4.69) is 16.0 Å². The molecule has 0 heterocycles. The van der Waals surface area contributed by atoms with Crippen LogP contribution < -0.4 is 20.7 Å². The van der Waals surface area contributed by atoms with Crippen molar-refractivity contribution in [3.63, 3.8) is 0 Å². The van der Waals surface area contributed by atoms with Crippen molar-refractivity contribution in [2.45, 2.75) is 26.8 Å². The summed E-state index contributed by atoms with van der Waals surface area (Å²) in [7, 11) is 1.49. The standard InChI is InChI=1S/C19H22FN3O3/c1-11-5-6-14(9-16(11)20)23-19(25)12(2)21-15-7-8-17(22-13(3)24)18(10-15)26-4/h5-10,12,21H,1-4H3,(H,22,24)(H,23,25). The minimum absolute atomic E-state index is 0.206. The first-order valence-corrected chi connectivity index (χ1v) is 8.09. The van der Waals surface area contributed by atoms with Crippen molar-refractivity contribution < 1.29 is 18.7 Å². The average Bonchev–Trinajstić information content (AvgIpc) is 2.59. The zero-order chi connectivity index (χ0) is 19.3. The zero-order valence-corrected chi connectivity index (χ0v) is 15.1. The van der Waals surface area contributed by atoms with E-state index in [1.54, 1.807) is 44.2 Å². The van der Waals surface area contributed by atoms with Gasteiger partial charge < -0.3 is 20.7 Å². The summed E-state index contributed by atoms with van der Waals surface area (Å²) in [5.41, 5.74) is 2.09. The maximum Gasteiger partial charge on any atom is 0.246 e. The van der Waals surface area contributed by atoms with Gasteiger partial charge in [0.1, 0.15) is 17.6 Å². The Morgan fingerprint density at radius 3 is 2.38 bits per heavy atom. The Kier molecular flexibility index (Phi) is 6.16. The molecule has 3 N–H and O–H groups in total. The van der Waals surface area contributed by atoms with Crippen molar-refractivity contribution in [1.29, 1.82) is 0 Å². The van der Waals surface area contributed by atoms with Crippen LogP contribution in [0.1, 0.15) is 19.4 Å². The van der Waals surface area contributed by atoms with Gasteiger partial charge in [0, 0.05) is 24.4 Å². The Bertz CT molecular complexity index is 824. The van der Waals surface area contributed by atoms with Crippen molar-refractivity contribution in [3.8, 4) is 5.75 Å². The van der Waals surface area contributed by atoms with E-state index in [1.807, 2.05) is 0 Å². The lowest BCUT2D eigenvalue weighted by atomic mass is 10.2. The highest BCUT2D eigenvalue weighted by Crippen LogP contribution is 2.28. The molecule has 6 nitrogen and oxygen atoms in total. The van der Waals surface area contributed by atoms with Crippen LogP contribution in [0.4, 0.5) is 21.5 Å². The lowest BCUT2D eigenvalue weighted by Crippen LogP contribution is -2.31. The summed E-state index contributed by atoms with van der Waals surface area (Å²) in [5, 5.41) is 8.37. The number of carbonyl (C=O) groups excluding carboxylic acids is 2. The molecule has 2 rings (SSSR count). The molecule has 1 unspecified atom stereocenters. The zero-order valence-electron chi connectivity index (χ0n) is 15.1. The lowest BCUT2D eigenvalue weighted by molar-refractivity contribution is -0.116. The van der Waals surface area contributed by atoms with E-state index in [4.69, 9.17) is 4.74 Å². The van der Waals surface area contributed by atoms with Crippen molar-refractivity contribution in [2.24, 2.45) is 0 Å². The summed E-state index contributed by atoms with van der Waals surface area (Å²) in [6.45, 7) is 4.75. The second-order valence-electron chi connectivity index (χ2n) is 5.92. The van der Waals surface area contributed by atoms with Crippen LogP contribution in [-0.4, -0.2) is 25.0 Å². The van der Waals surface area contributed by atoms with Gasteiger partial charge in [0.2, 0.25) is 11.8 Å². The second-order valence-corrected chi connectivity index (χ2v) is 5.92. The predicted octanol–water partition coefficient (Wildman–Crippen LogP) is 3.54. The Hall–Kier alpha value is -3.09. The van der Waals surface area contributed by atoms with Gasteiger partial charge in [-0.15, -0.1) is 0 Å². The molecular formula is C19H22FN3O3. The van der Waals surface area contributed by atoms with E-state index in [0.29, 0.717) is 28.4 Å². The van der Waals surface area contributed by atoms with E-state index in [9.17, 15) is 14.0 Å². The normalized spacial score (nSPS) is 11.4. The number of hydrogen-bond acceptors (Lipinski definition) is 4. The predicted molar refractivity (Wildman–Crippen MR) is 100 cm³/mol. The number of amides is 2. The van der Waals surface area contributed by atoms with Crippen LogP contribution in [0.2, 0.25) is 0 Å². The molecule has 1 atom stereocenters. The SMILES string of the molecule is COc1cc(NC(C)C(=O)Nc2ccc(C)c(F)c2)ccc1NC(C)=O. The molecule has 2 amide bonds. The number of halogens is 1. The molecule has 0 aromatic heterocycles. The number of ether oxygens (including phenoxy) is 1. The van der Waals surface area contributed by atoms with Crippen LogP contribution in [0.3, 0.4) is 0 Å². The van der Waals surface area contributed by atoms with Crippen molar-refractivity contribution in [3.05, 3.63) is 47.8 Å². The molecule has 0 spiro atoms. The third-order valence-corrected chi connectivity index (χ3v) is 3.73. The van der Waals surface area contributed by atoms with Crippen LogP contribution >= 0.6 is 0 Å². The number of carbonyl (C=O) groups is 2. The molecule has 26 heavy (non-hydrogen) atoms. The molecular weight excluding hydrogens is 337 g/mol. The molecule has 0 aliphatic carbocycles. The molecule has 138 valence electrons. The first-order valence-electron chi connectivity index (χ1n) is 8.09. The summed E-state index contributed by atoms with van der Waals surface area (Å²) in [6.07, 6.45) is 0. The number of benzene rings is 2. The molecule has 2 aromatic carbocycles. The van der Waals surface area contributed by atoms with Crippen LogP contribution in [0, 0.1) is 12.7 Å². The summed E-state index contributed by atoms with van der Waals surface area (Å²) < 4.78 is 18.8. The van der Waals surface area contributed by atoms with Crippen LogP contribution in [0.5, 0.6) is 5.75 Å². The number of hydrogen-bond donors (Lipinski definition) is 3. The molecule has 0 aliphatic rings. The summed E-state index contributed by atoms with van der Waals surface area (Å²) >= 11 is 0. The highest BCUT2D eigenvalue weighted by molar-refractivity contribution is 5.96. The number of methoxy groups -OCH3 is 1. The van der Waals surface area contributed by atoms with Gasteiger partial charge >= 0.3 is 0 Å². The minimum atomic E-state index is -0.573. The number of nitrogens with one attached hydrogen (secondary N) is 3. The average molecular weight is 359 g/mol. The summed E-state index contributed by atoms with van der Waals surface area (Å²) in [6, 6.07) is 9.05. The van der Waals surface area contributed by atoms with Gasteiger partial charge in [-0.05, 0) is 43.7 Å². The Balaban J connectivity index is 2.05. The highest BCUT2D eigenvalue weighted by atomic mass is 19.1. The van der Waals surface area contributed by atoms with Gasteiger partial charge in [-0.2, -0.15) is 0 Å². The Labute approximate surface area is 151 Å². The number of anilines is 3. The Morgan fingerprint density at radius 1 is 1.08 bits per heavy atom. The fraction of sp³-hybridized carbons (Fsp3) is 0.263. The maximum absolute atomic E-state index is 13.6. The highest BCUT2D eigenvalue weighted by Gasteiger charge is 2.15. The van der Waals surface area contributed by atoms with Crippen molar-refractivity contribution in [2.75, 3.05) is 23.1 Å². The molecule has 7 heteroatoms. The third-order valence-electron chi connectivity index (χ3n) is 3.73. The van der Waals surface area contributed by atoms with Gasteiger partial charge in [-0.3, -0.25) is 9.59 Å². The van der Waals surface area contributed by atoms with E-state index in [0.717, 1.165) is 0 Å². The van der Waals surface area contributed by atoms with E-state index in [1.165, 1.54) is 20.1 Å². The molecule has 0 saturated heterocycles. The van der Waals surface area contributed by atoms with Gasteiger partial charge in [-0.25, -0.2) is 4.39 Å². The van der Waals surface area contributed by atoms with Crippen molar-refractivity contribution >= 4 is 28.9 Å². The molecule has 0 radical (unpaired) electrons. The molecule has 0 saturated carbocycles. The topological polar surface area (TPSA) is 79.5 Å². The third kappa shape index (κ3) is 4.95.